The van der Waals surface area contributed by atoms with Gasteiger partial charge in [-0.05, 0) is 57.8 Å². The molecular formula is C23H34N6O. The van der Waals surface area contributed by atoms with Crippen molar-refractivity contribution in [1.29, 1.82) is 0 Å². The molecule has 0 unspecified atom stereocenters. The predicted molar refractivity (Wildman–Crippen MR) is 119 cm³/mol. The molecule has 1 aliphatic heterocycles. The maximum absolute atomic E-state index is 5.41. The molecule has 7 nitrogen and oxygen atoms in total. The fourth-order valence-electron chi connectivity index (χ4n) is 4.52. The van der Waals surface area contributed by atoms with Crippen LogP contribution in [0.3, 0.4) is 0 Å². The molecule has 0 amide bonds. The fourth-order valence-corrected chi connectivity index (χ4v) is 4.52. The molecule has 1 aliphatic carbocycles. The molecule has 1 fully saturated rings. The normalized spacial score (nSPS) is 19.6. The Morgan fingerprint density at radius 2 is 2.13 bits per heavy atom. The molecular weight excluding hydrogens is 376 g/mol. The maximum Gasteiger partial charge on any atom is 0.129 e. The van der Waals surface area contributed by atoms with Gasteiger partial charge in [0.1, 0.15) is 11.6 Å². The number of pyridine rings is 1. The Morgan fingerprint density at radius 1 is 1.27 bits per heavy atom. The van der Waals surface area contributed by atoms with Crippen molar-refractivity contribution in [3.63, 3.8) is 0 Å². The van der Waals surface area contributed by atoms with Crippen molar-refractivity contribution < 1.29 is 4.74 Å². The highest BCUT2D eigenvalue weighted by Gasteiger charge is 2.25. The Bertz CT molecular complexity index is 823. The number of aromatic nitrogens is 3. The summed E-state index contributed by atoms with van der Waals surface area (Å²) in [6.07, 6.45) is 6.52. The van der Waals surface area contributed by atoms with Crippen LogP contribution in [0.1, 0.15) is 48.1 Å². The lowest BCUT2D eigenvalue weighted by molar-refractivity contribution is 0.0378. The number of aryl methyl sites for hydroxylation is 2. The molecule has 7 heteroatoms. The summed E-state index contributed by atoms with van der Waals surface area (Å²) in [5.74, 6) is 1.74. The Labute approximate surface area is 179 Å². The van der Waals surface area contributed by atoms with Gasteiger partial charge in [0.15, 0.2) is 0 Å². The number of hydrogen-bond acceptors (Lipinski definition) is 7. The molecule has 3 heterocycles. The topological polar surface area (TPSA) is 66.4 Å². The second kappa shape index (κ2) is 10.3. The number of ether oxygens (including phenoxy) is 1. The maximum atomic E-state index is 5.41. The summed E-state index contributed by atoms with van der Waals surface area (Å²) in [7, 11) is 2.18. The smallest absolute Gasteiger partial charge is 0.129 e. The van der Waals surface area contributed by atoms with E-state index in [0.717, 1.165) is 82.5 Å². The van der Waals surface area contributed by atoms with Gasteiger partial charge in [-0.3, -0.25) is 14.8 Å². The zero-order chi connectivity index (χ0) is 20.8. The SMILES string of the molecule is Cc1nc(CN(C)[C@H]2CCCc3cccnc32)cc(NCCCN2CCOCC2)n1. The van der Waals surface area contributed by atoms with E-state index in [1.165, 1.54) is 17.7 Å². The van der Waals surface area contributed by atoms with Crippen LogP contribution >= 0.6 is 0 Å². The third-order valence-corrected chi connectivity index (χ3v) is 6.06. The average Bonchev–Trinajstić information content (AvgIpc) is 2.76. The number of hydrogen-bond donors (Lipinski definition) is 1. The summed E-state index contributed by atoms with van der Waals surface area (Å²) in [6, 6.07) is 6.72. The predicted octanol–water partition coefficient (Wildman–Crippen LogP) is 2.82. The molecule has 0 bridgehead atoms. The van der Waals surface area contributed by atoms with Crippen LogP contribution in [0.25, 0.3) is 0 Å². The van der Waals surface area contributed by atoms with E-state index in [4.69, 9.17) is 9.72 Å². The van der Waals surface area contributed by atoms with Gasteiger partial charge in [0, 0.05) is 38.4 Å². The van der Waals surface area contributed by atoms with Crippen LogP contribution < -0.4 is 5.32 Å². The zero-order valence-corrected chi connectivity index (χ0v) is 18.3. The summed E-state index contributed by atoms with van der Waals surface area (Å²) in [6.45, 7) is 8.59. The van der Waals surface area contributed by atoms with Gasteiger partial charge in [-0.1, -0.05) is 6.07 Å². The van der Waals surface area contributed by atoms with Gasteiger partial charge in [0.25, 0.3) is 0 Å². The second-order valence-electron chi connectivity index (χ2n) is 8.40. The lowest BCUT2D eigenvalue weighted by atomic mass is 9.91. The molecule has 0 spiro atoms. The molecule has 162 valence electrons. The zero-order valence-electron chi connectivity index (χ0n) is 18.3. The highest BCUT2D eigenvalue weighted by molar-refractivity contribution is 5.36. The number of nitrogens with one attached hydrogen (secondary N) is 1. The third kappa shape index (κ3) is 5.53. The minimum atomic E-state index is 0.357. The van der Waals surface area contributed by atoms with E-state index in [1.54, 1.807) is 0 Å². The molecule has 1 atom stereocenters. The molecule has 2 aliphatic rings. The Hall–Kier alpha value is -2.09. The molecule has 1 N–H and O–H groups in total. The van der Waals surface area contributed by atoms with E-state index in [9.17, 15) is 0 Å². The van der Waals surface area contributed by atoms with Crippen molar-refractivity contribution in [1.82, 2.24) is 24.8 Å². The monoisotopic (exact) mass is 410 g/mol. The summed E-state index contributed by atoms with van der Waals surface area (Å²) >= 11 is 0. The molecule has 2 aromatic heterocycles. The minimum absolute atomic E-state index is 0.357. The van der Waals surface area contributed by atoms with Crippen LogP contribution in [0.2, 0.25) is 0 Å². The van der Waals surface area contributed by atoms with Crippen molar-refractivity contribution in [3.05, 3.63) is 47.2 Å². The number of rotatable bonds is 8. The van der Waals surface area contributed by atoms with Gasteiger partial charge in [0.05, 0.1) is 30.6 Å². The van der Waals surface area contributed by atoms with Crippen LogP contribution in [0.4, 0.5) is 5.82 Å². The number of anilines is 1. The van der Waals surface area contributed by atoms with Gasteiger partial charge in [-0.2, -0.15) is 0 Å². The van der Waals surface area contributed by atoms with E-state index in [-0.39, 0.29) is 0 Å². The van der Waals surface area contributed by atoms with Crippen molar-refractivity contribution in [3.8, 4) is 0 Å². The standard InChI is InChI=1S/C23H34N6O/c1-18-26-20(16-22(27-18)24-10-5-11-29-12-14-30-15-13-29)17-28(2)21-8-3-6-19-7-4-9-25-23(19)21/h4,7,9,16,21H,3,5-6,8,10-15,17H2,1-2H3,(H,24,26,27)/t21-/m0/s1. The first kappa shape index (κ1) is 21.2. The first-order valence-electron chi connectivity index (χ1n) is 11.2. The first-order chi connectivity index (χ1) is 14.7. The van der Waals surface area contributed by atoms with Crippen molar-refractivity contribution >= 4 is 5.82 Å². The van der Waals surface area contributed by atoms with E-state index in [0.29, 0.717) is 6.04 Å². The summed E-state index contributed by atoms with van der Waals surface area (Å²) in [5.41, 5.74) is 3.68. The van der Waals surface area contributed by atoms with Crippen LogP contribution in [0, 0.1) is 6.92 Å². The van der Waals surface area contributed by atoms with E-state index >= 15 is 0 Å². The van der Waals surface area contributed by atoms with Crippen LogP contribution in [-0.4, -0.2) is 71.2 Å². The quantitative estimate of drug-likeness (QED) is 0.671. The largest absolute Gasteiger partial charge is 0.379 e. The lowest BCUT2D eigenvalue weighted by Gasteiger charge is -2.32. The first-order valence-corrected chi connectivity index (χ1v) is 11.2. The third-order valence-electron chi connectivity index (χ3n) is 6.06. The summed E-state index contributed by atoms with van der Waals surface area (Å²) < 4.78 is 5.41. The van der Waals surface area contributed by atoms with Crippen molar-refractivity contribution in [2.45, 2.75) is 45.2 Å². The van der Waals surface area contributed by atoms with Gasteiger partial charge in [0.2, 0.25) is 0 Å². The fraction of sp³-hybridized carbons (Fsp3) is 0.609. The minimum Gasteiger partial charge on any atom is -0.379 e. The Morgan fingerprint density at radius 3 is 3.00 bits per heavy atom. The van der Waals surface area contributed by atoms with Gasteiger partial charge in [-0.25, -0.2) is 9.97 Å². The summed E-state index contributed by atoms with van der Waals surface area (Å²) in [4.78, 5) is 18.8. The molecule has 0 aromatic carbocycles. The van der Waals surface area contributed by atoms with Gasteiger partial charge in [-0.15, -0.1) is 0 Å². The Balaban J connectivity index is 1.33. The highest BCUT2D eigenvalue weighted by atomic mass is 16.5. The summed E-state index contributed by atoms with van der Waals surface area (Å²) in [5, 5.41) is 3.49. The van der Waals surface area contributed by atoms with Gasteiger partial charge >= 0.3 is 0 Å². The highest BCUT2D eigenvalue weighted by Crippen LogP contribution is 2.32. The number of nitrogens with zero attached hydrogens (tertiary/aromatic N) is 5. The van der Waals surface area contributed by atoms with Crippen LogP contribution in [0.15, 0.2) is 24.4 Å². The Kier molecular flexibility index (Phi) is 7.25. The van der Waals surface area contributed by atoms with E-state index < -0.39 is 0 Å². The average molecular weight is 411 g/mol. The lowest BCUT2D eigenvalue weighted by Crippen LogP contribution is -2.37. The molecule has 0 saturated carbocycles. The van der Waals surface area contributed by atoms with E-state index in [1.807, 2.05) is 19.2 Å². The van der Waals surface area contributed by atoms with E-state index in [2.05, 4.69) is 44.3 Å². The van der Waals surface area contributed by atoms with Crippen molar-refractivity contribution in [2.24, 2.45) is 0 Å². The molecule has 1 saturated heterocycles. The molecule has 30 heavy (non-hydrogen) atoms. The van der Waals surface area contributed by atoms with Crippen LogP contribution in [-0.2, 0) is 17.7 Å². The number of morpholine rings is 1. The number of fused-ring (bicyclic) bond motifs is 1. The van der Waals surface area contributed by atoms with Crippen molar-refractivity contribution in [2.75, 3.05) is 51.8 Å². The van der Waals surface area contributed by atoms with Gasteiger partial charge < -0.3 is 10.1 Å². The molecule has 2 aromatic rings. The second-order valence-corrected chi connectivity index (χ2v) is 8.40. The molecule has 4 rings (SSSR count). The van der Waals surface area contributed by atoms with Crippen LogP contribution in [0.5, 0.6) is 0 Å². The molecule has 0 radical (unpaired) electrons.